The molecule has 5 rings (SSSR count). The van der Waals surface area contributed by atoms with E-state index in [1.54, 1.807) is 41.8 Å². The lowest BCUT2D eigenvalue weighted by Crippen LogP contribution is -2.36. The summed E-state index contributed by atoms with van der Waals surface area (Å²) in [5.41, 5.74) is 2.11. The van der Waals surface area contributed by atoms with E-state index in [0.717, 1.165) is 28.4 Å². The van der Waals surface area contributed by atoms with E-state index in [1.807, 2.05) is 18.2 Å². The van der Waals surface area contributed by atoms with Crippen molar-refractivity contribution in [1.29, 1.82) is 0 Å². The second-order valence-electron chi connectivity index (χ2n) is 7.58. The number of anilines is 2. The molecule has 2 aromatic carbocycles. The molecule has 3 heterocycles. The average Bonchev–Trinajstić information content (AvgIpc) is 3.29. The van der Waals surface area contributed by atoms with Crippen molar-refractivity contribution in [3.8, 4) is 11.5 Å². The summed E-state index contributed by atoms with van der Waals surface area (Å²) in [7, 11) is 0. The number of nitrogens with zero attached hydrogens (tertiary/aromatic N) is 3. The molecule has 0 spiro atoms. The number of carbonyl (C=O) groups is 1. The van der Waals surface area contributed by atoms with Crippen LogP contribution in [0.15, 0.2) is 67.0 Å². The lowest BCUT2D eigenvalue weighted by molar-refractivity contribution is -0.111. The van der Waals surface area contributed by atoms with E-state index in [9.17, 15) is 9.18 Å². The Morgan fingerprint density at radius 3 is 2.85 bits per heavy atom. The van der Waals surface area contributed by atoms with Crippen molar-refractivity contribution < 1.29 is 18.7 Å². The first-order chi connectivity index (χ1) is 16.6. The number of pyridine rings is 1. The Balaban J connectivity index is 1.23. The molecule has 1 N–H and O–H groups in total. The van der Waals surface area contributed by atoms with Gasteiger partial charge in [0.25, 0.3) is 0 Å². The molecule has 0 radical (unpaired) electrons. The molecule has 1 saturated heterocycles. The van der Waals surface area contributed by atoms with Gasteiger partial charge in [0.2, 0.25) is 5.91 Å². The Morgan fingerprint density at radius 1 is 1.18 bits per heavy atom. The molecule has 172 valence electrons. The molecule has 1 amide bonds. The van der Waals surface area contributed by atoms with Gasteiger partial charge in [0.1, 0.15) is 5.75 Å². The van der Waals surface area contributed by atoms with Crippen LogP contribution >= 0.6 is 11.3 Å². The molecule has 9 heteroatoms. The SMILES string of the molecule is O=C(/C=C/c1ccc(Oc2cccnc2)c(F)c1)Nc1ccc2nc(N3CCOCC3)sc2c1. The third kappa shape index (κ3) is 5.22. The Hall–Kier alpha value is -3.82. The third-order valence-corrected chi connectivity index (χ3v) is 6.25. The van der Waals surface area contributed by atoms with Crippen LogP contribution in [-0.2, 0) is 9.53 Å². The molecule has 2 aromatic heterocycles. The van der Waals surface area contributed by atoms with Crippen LogP contribution in [0.4, 0.5) is 15.2 Å². The maximum Gasteiger partial charge on any atom is 0.248 e. The molecule has 0 bridgehead atoms. The molecule has 1 aliphatic rings. The molecule has 0 unspecified atom stereocenters. The zero-order chi connectivity index (χ0) is 23.3. The number of aromatic nitrogens is 2. The summed E-state index contributed by atoms with van der Waals surface area (Å²) in [4.78, 5) is 23.2. The quantitative estimate of drug-likeness (QED) is 0.390. The number of amides is 1. The van der Waals surface area contributed by atoms with Gasteiger partial charge in [0.05, 0.1) is 29.6 Å². The summed E-state index contributed by atoms with van der Waals surface area (Å²) >= 11 is 1.59. The predicted octanol–water partition coefficient (Wildman–Crippen LogP) is 5.11. The molecule has 0 saturated carbocycles. The number of benzene rings is 2. The van der Waals surface area contributed by atoms with Crippen LogP contribution in [-0.4, -0.2) is 42.2 Å². The van der Waals surface area contributed by atoms with Gasteiger partial charge in [-0.2, -0.15) is 0 Å². The van der Waals surface area contributed by atoms with E-state index in [-0.39, 0.29) is 11.7 Å². The van der Waals surface area contributed by atoms with Crippen molar-refractivity contribution in [1.82, 2.24) is 9.97 Å². The Kier molecular flexibility index (Phi) is 6.46. The monoisotopic (exact) mass is 476 g/mol. The van der Waals surface area contributed by atoms with Gasteiger partial charge in [-0.3, -0.25) is 9.78 Å². The van der Waals surface area contributed by atoms with Gasteiger partial charge in [0.15, 0.2) is 16.7 Å². The van der Waals surface area contributed by atoms with E-state index < -0.39 is 5.82 Å². The first-order valence-corrected chi connectivity index (χ1v) is 11.6. The fourth-order valence-electron chi connectivity index (χ4n) is 3.47. The second-order valence-corrected chi connectivity index (χ2v) is 8.59. The van der Waals surface area contributed by atoms with Crippen molar-refractivity contribution >= 4 is 44.4 Å². The standard InChI is InChI=1S/C25H21FN4O3S/c26-20-14-17(3-7-22(20)33-19-2-1-9-27-16-19)4-8-24(31)28-18-5-6-21-23(15-18)34-25(29-21)30-10-12-32-13-11-30/h1-9,14-16H,10-13H2,(H,28,31)/b8-4+. The van der Waals surface area contributed by atoms with Crippen LogP contribution in [0.25, 0.3) is 16.3 Å². The topological polar surface area (TPSA) is 76.6 Å². The normalized spacial score (nSPS) is 14.0. The van der Waals surface area contributed by atoms with Gasteiger partial charge in [-0.1, -0.05) is 17.4 Å². The highest BCUT2D eigenvalue weighted by Crippen LogP contribution is 2.31. The number of nitrogens with one attached hydrogen (secondary N) is 1. The fraction of sp³-hybridized carbons (Fsp3) is 0.160. The maximum absolute atomic E-state index is 14.4. The summed E-state index contributed by atoms with van der Waals surface area (Å²) in [6.45, 7) is 3.05. The van der Waals surface area contributed by atoms with E-state index >= 15 is 0 Å². The van der Waals surface area contributed by atoms with Crippen LogP contribution < -0.4 is 15.0 Å². The van der Waals surface area contributed by atoms with Crippen LogP contribution in [0.1, 0.15) is 5.56 Å². The number of morpholine rings is 1. The van der Waals surface area contributed by atoms with E-state index in [4.69, 9.17) is 9.47 Å². The smallest absolute Gasteiger partial charge is 0.248 e. The summed E-state index contributed by atoms with van der Waals surface area (Å²) in [5.74, 6) is -0.311. The van der Waals surface area contributed by atoms with Gasteiger partial charge in [-0.25, -0.2) is 9.37 Å². The minimum Gasteiger partial charge on any atom is -0.453 e. The number of carbonyl (C=O) groups excluding carboxylic acids is 1. The lowest BCUT2D eigenvalue weighted by atomic mass is 10.2. The molecule has 0 aliphatic carbocycles. The molecule has 4 aromatic rings. The van der Waals surface area contributed by atoms with Crippen LogP contribution in [0.5, 0.6) is 11.5 Å². The van der Waals surface area contributed by atoms with Crippen molar-refractivity contribution in [3.05, 3.63) is 78.4 Å². The van der Waals surface area contributed by atoms with Crippen LogP contribution in [0.3, 0.4) is 0 Å². The number of hydrogen-bond donors (Lipinski definition) is 1. The number of ether oxygens (including phenoxy) is 2. The van der Waals surface area contributed by atoms with Gasteiger partial charge in [-0.15, -0.1) is 0 Å². The zero-order valence-electron chi connectivity index (χ0n) is 18.1. The predicted molar refractivity (Wildman–Crippen MR) is 131 cm³/mol. The first kappa shape index (κ1) is 22.0. The van der Waals surface area contributed by atoms with Gasteiger partial charge < -0.3 is 19.7 Å². The largest absolute Gasteiger partial charge is 0.453 e. The summed E-state index contributed by atoms with van der Waals surface area (Å²) in [5, 5.41) is 3.80. The number of halogens is 1. The van der Waals surface area contributed by atoms with Crippen molar-refractivity contribution in [3.63, 3.8) is 0 Å². The summed E-state index contributed by atoms with van der Waals surface area (Å²) in [6.07, 6.45) is 6.03. The molecule has 1 fully saturated rings. The minimum atomic E-state index is -0.530. The van der Waals surface area contributed by atoms with Crippen molar-refractivity contribution in [2.24, 2.45) is 0 Å². The van der Waals surface area contributed by atoms with Gasteiger partial charge in [-0.05, 0) is 54.1 Å². The van der Waals surface area contributed by atoms with Gasteiger partial charge >= 0.3 is 0 Å². The number of rotatable bonds is 6. The minimum absolute atomic E-state index is 0.0870. The third-order valence-electron chi connectivity index (χ3n) is 5.17. The summed E-state index contributed by atoms with van der Waals surface area (Å²) in [6, 6.07) is 13.5. The van der Waals surface area contributed by atoms with Crippen LogP contribution in [0.2, 0.25) is 0 Å². The Labute approximate surface area is 199 Å². The first-order valence-electron chi connectivity index (χ1n) is 10.7. The maximum atomic E-state index is 14.4. The highest BCUT2D eigenvalue weighted by atomic mass is 32.1. The van der Waals surface area contributed by atoms with Crippen molar-refractivity contribution in [2.45, 2.75) is 0 Å². The highest BCUT2D eigenvalue weighted by Gasteiger charge is 2.15. The number of thiazole rings is 1. The van der Waals surface area contributed by atoms with E-state index in [2.05, 4.69) is 20.2 Å². The summed E-state index contributed by atoms with van der Waals surface area (Å²) < 4.78 is 26.3. The molecule has 0 atom stereocenters. The molecular weight excluding hydrogens is 455 g/mol. The highest BCUT2D eigenvalue weighted by molar-refractivity contribution is 7.22. The Morgan fingerprint density at radius 2 is 2.06 bits per heavy atom. The number of fused-ring (bicyclic) bond motifs is 1. The fourth-order valence-corrected chi connectivity index (χ4v) is 4.53. The van der Waals surface area contributed by atoms with Gasteiger partial charge in [0, 0.05) is 31.0 Å². The lowest BCUT2D eigenvalue weighted by Gasteiger charge is -2.25. The second kappa shape index (κ2) is 9.98. The molecule has 1 aliphatic heterocycles. The molecule has 7 nitrogen and oxygen atoms in total. The number of hydrogen-bond acceptors (Lipinski definition) is 7. The van der Waals surface area contributed by atoms with E-state index in [1.165, 1.54) is 24.4 Å². The molecule has 34 heavy (non-hydrogen) atoms. The van der Waals surface area contributed by atoms with Crippen LogP contribution in [0, 0.1) is 5.82 Å². The molecular formula is C25H21FN4O3S. The average molecular weight is 477 g/mol. The van der Waals surface area contributed by atoms with E-state index in [0.29, 0.717) is 30.2 Å². The zero-order valence-corrected chi connectivity index (χ0v) is 18.9. The Bertz CT molecular complexity index is 1340. The van der Waals surface area contributed by atoms with Crippen molar-refractivity contribution in [2.75, 3.05) is 36.5 Å².